The van der Waals surface area contributed by atoms with Gasteiger partial charge in [-0.1, -0.05) is 66.2 Å². The Morgan fingerprint density at radius 1 is 0.918 bits per heavy atom. The molecule has 9 atom stereocenters. The molecule has 9 unspecified atom stereocenters. The average molecular weight is 859 g/mol. The number of esters is 1. The lowest BCUT2D eigenvalue weighted by Gasteiger charge is -2.72. The number of aliphatic hydroxyl groups excluding tert-OH is 1. The molecule has 4 saturated carbocycles. The van der Waals surface area contributed by atoms with Gasteiger partial charge in [0.25, 0.3) is 0 Å². The molecule has 0 radical (unpaired) electrons. The summed E-state index contributed by atoms with van der Waals surface area (Å²) in [6.45, 7) is 21.1. The first-order valence-electron chi connectivity index (χ1n) is 22.7. The lowest BCUT2D eigenvalue weighted by Crippen LogP contribution is -2.66. The van der Waals surface area contributed by atoms with Crippen LogP contribution in [0.5, 0.6) is 5.75 Å². The molecule has 5 aliphatic carbocycles. The van der Waals surface area contributed by atoms with Crippen molar-refractivity contribution in [2.75, 3.05) is 33.7 Å². The zero-order chi connectivity index (χ0) is 45.3. The van der Waals surface area contributed by atoms with E-state index in [0.29, 0.717) is 43.5 Å². The van der Waals surface area contributed by atoms with E-state index in [9.17, 15) is 37.8 Å². The summed E-state index contributed by atoms with van der Waals surface area (Å²) in [5.74, 6) is -0.800. The highest BCUT2D eigenvalue weighted by Crippen LogP contribution is 2.77. The van der Waals surface area contributed by atoms with Crippen molar-refractivity contribution in [1.29, 1.82) is 0 Å². The summed E-state index contributed by atoms with van der Waals surface area (Å²) in [4.78, 5) is 43.5. The summed E-state index contributed by atoms with van der Waals surface area (Å²) in [5.41, 5.74) is 0.284. The highest BCUT2D eigenvalue weighted by Gasteiger charge is 2.71. The highest BCUT2D eigenvalue weighted by molar-refractivity contribution is 6.00. The second-order valence-corrected chi connectivity index (χ2v) is 22.3. The molecular formula is C49H73F3N2O7. The third kappa shape index (κ3) is 8.56. The third-order valence-corrected chi connectivity index (χ3v) is 17.3. The number of ether oxygens (including phenoxy) is 2. The molecule has 61 heavy (non-hydrogen) atoms. The van der Waals surface area contributed by atoms with Gasteiger partial charge in [0.2, 0.25) is 0 Å². The van der Waals surface area contributed by atoms with Crippen LogP contribution in [0, 0.1) is 56.2 Å². The van der Waals surface area contributed by atoms with Crippen molar-refractivity contribution in [2.24, 2.45) is 56.2 Å². The predicted octanol–water partition coefficient (Wildman–Crippen LogP) is 9.70. The molecule has 1 aromatic carbocycles. The zero-order valence-corrected chi connectivity index (χ0v) is 38.6. The van der Waals surface area contributed by atoms with Gasteiger partial charge in [-0.3, -0.25) is 19.3 Å². The highest BCUT2D eigenvalue weighted by atomic mass is 19.4. The van der Waals surface area contributed by atoms with Crippen LogP contribution in [0.3, 0.4) is 0 Å². The largest absolute Gasteiger partial charge is 0.573 e. The van der Waals surface area contributed by atoms with Crippen molar-refractivity contribution in [3.05, 3.63) is 41.0 Å². The van der Waals surface area contributed by atoms with Crippen molar-refractivity contribution in [3.63, 3.8) is 0 Å². The molecule has 0 saturated heterocycles. The van der Waals surface area contributed by atoms with E-state index in [2.05, 4.69) is 58.1 Å². The molecule has 12 heteroatoms. The fourth-order valence-electron chi connectivity index (χ4n) is 14.0. The number of carbonyl (C=O) groups excluding carboxylic acids is 2. The maximum absolute atomic E-state index is 14.3. The lowest BCUT2D eigenvalue weighted by atomic mass is 9.33. The maximum atomic E-state index is 14.3. The first-order chi connectivity index (χ1) is 28.1. The summed E-state index contributed by atoms with van der Waals surface area (Å²) in [5, 5.41) is 22.3. The summed E-state index contributed by atoms with van der Waals surface area (Å²) in [7, 11) is 3.94. The van der Waals surface area contributed by atoms with Crippen LogP contribution < -0.4 is 4.74 Å². The molecule has 0 amide bonds. The topological polar surface area (TPSA) is 117 Å². The van der Waals surface area contributed by atoms with Gasteiger partial charge >= 0.3 is 18.3 Å². The van der Waals surface area contributed by atoms with Crippen molar-refractivity contribution in [3.8, 4) is 5.75 Å². The van der Waals surface area contributed by atoms with E-state index in [1.54, 1.807) is 26.0 Å². The Bertz CT molecular complexity index is 1880. The smallest absolute Gasteiger partial charge is 0.481 e. The number of fused-ring (bicyclic) bond motifs is 7. The number of alkyl halides is 3. The molecule has 5 aliphatic rings. The summed E-state index contributed by atoms with van der Waals surface area (Å²) >= 11 is 0. The summed E-state index contributed by atoms with van der Waals surface area (Å²) in [6.07, 6.45) is 1.25. The number of carboxylic acid groups (broad SMARTS) is 1. The predicted molar refractivity (Wildman–Crippen MR) is 228 cm³/mol. The molecule has 4 fully saturated rings. The van der Waals surface area contributed by atoms with Crippen LogP contribution in [0.4, 0.5) is 13.2 Å². The van der Waals surface area contributed by atoms with E-state index in [1.165, 1.54) is 17.7 Å². The van der Waals surface area contributed by atoms with Gasteiger partial charge < -0.3 is 24.6 Å². The number of Topliss-reactive ketones (excluding diaryl/α,β-unsaturated/α-hetero) is 1. The van der Waals surface area contributed by atoms with E-state index in [-0.39, 0.29) is 70.5 Å². The van der Waals surface area contributed by atoms with E-state index >= 15 is 0 Å². The van der Waals surface area contributed by atoms with Gasteiger partial charge in [-0.05, 0) is 142 Å². The van der Waals surface area contributed by atoms with E-state index in [4.69, 9.17) is 4.74 Å². The molecule has 0 aliphatic heterocycles. The van der Waals surface area contributed by atoms with Crippen LogP contribution >= 0.6 is 0 Å². The Kier molecular flexibility index (Phi) is 12.9. The van der Waals surface area contributed by atoms with Crippen molar-refractivity contribution in [1.82, 2.24) is 9.80 Å². The number of benzene rings is 1. The normalized spacial score (nSPS) is 34.2. The standard InChI is InChI=1S/C49H73F3N2O7/c1-30(2)40-34(55)26-48(37(56)29-54(24-23-53(10)11)28-31-13-12-14-32(25-31)61-49(50,51)52)22-21-46(8)33(41(40)48)15-16-36-45(7)19-18-38(60-39(57)27-43(3,4)42(58)59)44(5,6)35(45)17-20-47(36,46)9/h12-14,25,30,33,35-38,56H,15-24,26-29H2,1-11H3,(H,58,59). The maximum Gasteiger partial charge on any atom is 0.573 e. The minimum absolute atomic E-state index is 0.00112. The molecule has 342 valence electrons. The number of rotatable bonds is 14. The summed E-state index contributed by atoms with van der Waals surface area (Å²) < 4.78 is 49.8. The van der Waals surface area contributed by atoms with Crippen LogP contribution in [0.2, 0.25) is 0 Å². The van der Waals surface area contributed by atoms with Crippen LogP contribution in [-0.4, -0.2) is 90.0 Å². The van der Waals surface area contributed by atoms with Crippen LogP contribution in [-0.2, 0) is 25.7 Å². The lowest BCUT2D eigenvalue weighted by molar-refractivity contribution is -0.274. The Labute approximate surface area is 362 Å². The molecule has 2 N–H and O–H groups in total. The molecule has 0 spiro atoms. The number of likely N-dealkylation sites (N-methyl/N-ethyl adjacent to an activating group) is 1. The van der Waals surface area contributed by atoms with Gasteiger partial charge in [-0.15, -0.1) is 13.2 Å². The van der Waals surface area contributed by atoms with Crippen molar-refractivity contribution >= 4 is 17.7 Å². The third-order valence-electron chi connectivity index (χ3n) is 17.3. The number of carboxylic acids is 1. The molecule has 0 bridgehead atoms. The Hall–Kier alpha value is -2.96. The van der Waals surface area contributed by atoms with Gasteiger partial charge in [-0.25, -0.2) is 0 Å². The second-order valence-electron chi connectivity index (χ2n) is 22.3. The Morgan fingerprint density at radius 2 is 1.61 bits per heavy atom. The molecule has 9 nitrogen and oxygen atoms in total. The molecule has 0 heterocycles. The van der Waals surface area contributed by atoms with Crippen LogP contribution in [0.15, 0.2) is 35.4 Å². The molecule has 6 rings (SSSR count). The van der Waals surface area contributed by atoms with Crippen LogP contribution in [0.1, 0.15) is 132 Å². The van der Waals surface area contributed by atoms with Crippen LogP contribution in [0.25, 0.3) is 0 Å². The van der Waals surface area contributed by atoms with Crippen molar-refractivity contribution < 1.29 is 47.2 Å². The number of hydrogen-bond donors (Lipinski definition) is 2. The summed E-state index contributed by atoms with van der Waals surface area (Å²) in [6, 6.07) is 6.04. The van der Waals surface area contributed by atoms with Gasteiger partial charge in [0.1, 0.15) is 11.9 Å². The zero-order valence-electron chi connectivity index (χ0n) is 38.6. The van der Waals surface area contributed by atoms with E-state index < -0.39 is 35.2 Å². The van der Waals surface area contributed by atoms with E-state index in [1.807, 2.05) is 19.0 Å². The monoisotopic (exact) mass is 859 g/mol. The number of carbonyl (C=O) groups is 3. The van der Waals surface area contributed by atoms with Gasteiger partial charge in [0, 0.05) is 43.4 Å². The SMILES string of the molecule is CC(C)C1=C2C3CCC4C5(C)CCC(OC(=O)CC(C)(C)C(=O)O)C(C)(C)C5CCC4(C)C3(C)CCC2(C(O)CN(CCN(C)C)Cc2cccc(OC(F)(F)F)c2)CC1=O. The van der Waals surface area contributed by atoms with Crippen molar-refractivity contribution in [2.45, 2.75) is 152 Å². The number of ketones is 1. The number of halogens is 3. The molecule has 0 aromatic heterocycles. The van der Waals surface area contributed by atoms with Gasteiger partial charge in [0.15, 0.2) is 5.78 Å². The minimum Gasteiger partial charge on any atom is -0.481 e. The second kappa shape index (κ2) is 16.5. The minimum atomic E-state index is -4.80. The first-order valence-corrected chi connectivity index (χ1v) is 22.7. The van der Waals surface area contributed by atoms with E-state index in [0.717, 1.165) is 50.5 Å². The fraction of sp³-hybridized carbons (Fsp3) is 0.776. The Morgan fingerprint density at radius 3 is 2.23 bits per heavy atom. The Balaban J connectivity index is 1.28. The van der Waals surface area contributed by atoms with Gasteiger partial charge in [-0.2, -0.15) is 0 Å². The average Bonchev–Trinajstić information content (AvgIpc) is 3.44. The van der Waals surface area contributed by atoms with Gasteiger partial charge in [0.05, 0.1) is 17.9 Å². The fourth-order valence-corrected chi connectivity index (χ4v) is 14.0. The number of allylic oxidation sites excluding steroid dienone is 1. The number of aliphatic carboxylic acids is 1. The quantitative estimate of drug-likeness (QED) is 0.177. The number of hydrogen-bond acceptors (Lipinski definition) is 8. The first kappa shape index (κ1) is 47.5. The molecule has 1 aromatic rings. The number of aliphatic hydroxyl groups is 1. The molecular weight excluding hydrogens is 786 g/mol. The number of nitrogens with zero attached hydrogens (tertiary/aromatic N) is 2.